The fourth-order valence-electron chi connectivity index (χ4n) is 3.62. The van der Waals surface area contributed by atoms with E-state index in [1.807, 2.05) is 6.07 Å². The van der Waals surface area contributed by atoms with Crippen molar-refractivity contribution in [2.24, 2.45) is 0 Å². The van der Waals surface area contributed by atoms with Crippen LogP contribution in [0.25, 0.3) is 10.9 Å². The second-order valence-corrected chi connectivity index (χ2v) is 6.45. The molecule has 1 aromatic heterocycles. The highest BCUT2D eigenvalue weighted by molar-refractivity contribution is 6.06. The molecule has 0 radical (unpaired) electrons. The molecule has 1 aliphatic heterocycles. The van der Waals surface area contributed by atoms with E-state index in [2.05, 4.69) is 10.3 Å². The molecule has 2 aliphatic rings. The highest BCUT2D eigenvalue weighted by atomic mass is 16.2. The zero-order valence-corrected chi connectivity index (χ0v) is 13.6. The summed E-state index contributed by atoms with van der Waals surface area (Å²) in [5.41, 5.74) is 3.07. The van der Waals surface area contributed by atoms with Crippen LogP contribution in [0.5, 0.6) is 0 Å². The van der Waals surface area contributed by atoms with Crippen molar-refractivity contribution in [3.63, 3.8) is 0 Å². The minimum atomic E-state index is -0.438. The van der Waals surface area contributed by atoms with Crippen LogP contribution in [0.1, 0.15) is 30.4 Å². The minimum absolute atomic E-state index is 0.0725. The van der Waals surface area contributed by atoms with Crippen molar-refractivity contribution < 1.29 is 14.4 Å². The zero-order chi connectivity index (χ0) is 17.6. The number of imide groups is 1. The molecule has 7 nitrogen and oxygen atoms in total. The van der Waals surface area contributed by atoms with Crippen LogP contribution in [0.15, 0.2) is 23.0 Å². The third kappa shape index (κ3) is 2.71. The van der Waals surface area contributed by atoms with Gasteiger partial charge in [0.2, 0.25) is 17.7 Å². The number of amides is 3. The number of likely N-dealkylation sites (tertiary alicyclic amines) is 1. The zero-order valence-electron chi connectivity index (χ0n) is 13.6. The molecule has 0 spiro atoms. The van der Waals surface area contributed by atoms with Gasteiger partial charge in [0.05, 0.1) is 5.52 Å². The molecule has 0 bridgehead atoms. The van der Waals surface area contributed by atoms with Gasteiger partial charge < -0.3 is 10.3 Å². The molecule has 1 fully saturated rings. The smallest absolute Gasteiger partial charge is 0.251 e. The summed E-state index contributed by atoms with van der Waals surface area (Å²) in [4.78, 5) is 51.3. The van der Waals surface area contributed by atoms with Crippen molar-refractivity contribution in [3.05, 3.63) is 39.7 Å². The third-order valence-corrected chi connectivity index (χ3v) is 4.83. The number of aryl methyl sites for hydroxylation is 1. The first-order valence-corrected chi connectivity index (χ1v) is 8.34. The van der Waals surface area contributed by atoms with Gasteiger partial charge >= 0.3 is 0 Å². The summed E-state index contributed by atoms with van der Waals surface area (Å²) in [6, 6.07) is 5.36. The molecule has 4 rings (SSSR count). The number of H-pyrrole nitrogens is 1. The molecule has 25 heavy (non-hydrogen) atoms. The summed E-state index contributed by atoms with van der Waals surface area (Å²) in [5, 5.41) is 3.68. The van der Waals surface area contributed by atoms with Gasteiger partial charge in [-0.05, 0) is 37.0 Å². The van der Waals surface area contributed by atoms with Crippen LogP contribution in [0.2, 0.25) is 0 Å². The number of nitrogens with one attached hydrogen (secondary N) is 2. The number of fused-ring (bicyclic) bond motifs is 3. The molecule has 2 N–H and O–H groups in total. The predicted molar refractivity (Wildman–Crippen MR) is 91.2 cm³/mol. The maximum absolute atomic E-state index is 12.1. The number of benzene rings is 1. The molecular formula is C18H17N3O4. The van der Waals surface area contributed by atoms with E-state index >= 15 is 0 Å². The SMILES string of the molecule is O=C(CN1C(=O)CCC1=O)Nc1ccc2c3c(c(=O)[nH]c2c1)CCC3. The van der Waals surface area contributed by atoms with Crippen molar-refractivity contribution in [1.82, 2.24) is 9.88 Å². The number of pyridine rings is 1. The van der Waals surface area contributed by atoms with Gasteiger partial charge in [0.25, 0.3) is 5.56 Å². The van der Waals surface area contributed by atoms with Gasteiger partial charge in [0.1, 0.15) is 6.54 Å². The largest absolute Gasteiger partial charge is 0.324 e. The minimum Gasteiger partial charge on any atom is -0.324 e. The van der Waals surface area contributed by atoms with Crippen molar-refractivity contribution in [3.8, 4) is 0 Å². The van der Waals surface area contributed by atoms with E-state index in [1.54, 1.807) is 12.1 Å². The predicted octanol–water partition coefficient (Wildman–Crippen LogP) is 1.10. The molecule has 2 heterocycles. The molecule has 0 atom stereocenters. The van der Waals surface area contributed by atoms with Gasteiger partial charge in [-0.3, -0.25) is 24.1 Å². The lowest BCUT2D eigenvalue weighted by Gasteiger charge is -2.14. The van der Waals surface area contributed by atoms with Gasteiger partial charge in [-0.15, -0.1) is 0 Å². The lowest BCUT2D eigenvalue weighted by atomic mass is 10.1. The van der Waals surface area contributed by atoms with Gasteiger partial charge in [0.15, 0.2) is 0 Å². The number of nitrogens with zero attached hydrogens (tertiary/aromatic N) is 1. The van der Waals surface area contributed by atoms with E-state index < -0.39 is 5.91 Å². The standard InChI is InChI=1S/C18H17N3O4/c22-15(9-21-16(23)6-7-17(21)24)19-10-4-5-12-11-2-1-3-13(11)18(25)20-14(12)8-10/h4-5,8H,1-3,6-7,9H2,(H,19,22)(H,20,25). The molecule has 1 aliphatic carbocycles. The fourth-order valence-corrected chi connectivity index (χ4v) is 3.62. The lowest BCUT2D eigenvalue weighted by molar-refractivity contribution is -0.141. The van der Waals surface area contributed by atoms with E-state index in [-0.39, 0.29) is 36.8 Å². The Balaban J connectivity index is 1.57. The van der Waals surface area contributed by atoms with Crippen LogP contribution in [0.3, 0.4) is 0 Å². The first-order valence-electron chi connectivity index (χ1n) is 8.34. The van der Waals surface area contributed by atoms with Crippen molar-refractivity contribution in [1.29, 1.82) is 0 Å². The number of anilines is 1. The Morgan fingerprint density at radius 2 is 1.76 bits per heavy atom. The summed E-state index contributed by atoms with van der Waals surface area (Å²) in [6.45, 7) is -0.281. The molecule has 1 saturated heterocycles. The van der Waals surface area contributed by atoms with Crippen LogP contribution < -0.4 is 10.9 Å². The number of hydrogen-bond donors (Lipinski definition) is 2. The first-order chi connectivity index (χ1) is 12.0. The Morgan fingerprint density at radius 1 is 1.04 bits per heavy atom. The molecule has 2 aromatic rings. The highest BCUT2D eigenvalue weighted by Crippen LogP contribution is 2.27. The first kappa shape index (κ1) is 15.6. The van der Waals surface area contributed by atoms with Crippen molar-refractivity contribution in [2.75, 3.05) is 11.9 Å². The summed E-state index contributed by atoms with van der Waals surface area (Å²) in [5.74, 6) is -1.08. The molecule has 0 unspecified atom stereocenters. The van der Waals surface area contributed by atoms with Crippen LogP contribution in [0.4, 0.5) is 5.69 Å². The molecular weight excluding hydrogens is 322 g/mol. The Hall–Kier alpha value is -2.96. The Kier molecular flexibility index (Phi) is 3.63. The monoisotopic (exact) mass is 339 g/mol. The third-order valence-electron chi connectivity index (χ3n) is 4.83. The summed E-state index contributed by atoms with van der Waals surface area (Å²) < 4.78 is 0. The molecule has 0 saturated carbocycles. The van der Waals surface area contributed by atoms with Gasteiger partial charge in [-0.1, -0.05) is 6.07 Å². The molecule has 7 heteroatoms. The number of aromatic nitrogens is 1. The van der Waals surface area contributed by atoms with Gasteiger partial charge in [-0.25, -0.2) is 0 Å². The summed E-state index contributed by atoms with van der Waals surface area (Å²) in [6.07, 6.45) is 2.99. The van der Waals surface area contributed by atoms with Crippen molar-refractivity contribution in [2.45, 2.75) is 32.1 Å². The molecule has 128 valence electrons. The van der Waals surface area contributed by atoms with E-state index in [4.69, 9.17) is 0 Å². The van der Waals surface area contributed by atoms with Crippen LogP contribution in [-0.4, -0.2) is 34.2 Å². The summed E-state index contributed by atoms with van der Waals surface area (Å²) >= 11 is 0. The number of rotatable bonds is 3. The highest BCUT2D eigenvalue weighted by Gasteiger charge is 2.30. The number of hydrogen-bond acceptors (Lipinski definition) is 4. The van der Waals surface area contributed by atoms with E-state index in [9.17, 15) is 19.2 Å². The second-order valence-electron chi connectivity index (χ2n) is 6.45. The maximum atomic E-state index is 12.1. The van der Waals surface area contributed by atoms with Crippen LogP contribution in [0, 0.1) is 0 Å². The van der Waals surface area contributed by atoms with E-state index in [0.717, 1.165) is 40.7 Å². The Morgan fingerprint density at radius 3 is 2.52 bits per heavy atom. The topological polar surface area (TPSA) is 99.3 Å². The molecule has 1 aromatic carbocycles. The second kappa shape index (κ2) is 5.84. The van der Waals surface area contributed by atoms with Crippen LogP contribution in [-0.2, 0) is 27.2 Å². The number of carbonyl (C=O) groups excluding carboxylic acids is 3. The summed E-state index contributed by atoms with van der Waals surface area (Å²) in [7, 11) is 0. The quantitative estimate of drug-likeness (QED) is 0.818. The number of aromatic amines is 1. The maximum Gasteiger partial charge on any atom is 0.251 e. The Bertz CT molecular complexity index is 960. The number of carbonyl (C=O) groups is 3. The van der Waals surface area contributed by atoms with Crippen molar-refractivity contribution >= 4 is 34.3 Å². The molecule has 3 amide bonds. The normalized spacial score (nSPS) is 16.6. The lowest BCUT2D eigenvalue weighted by Crippen LogP contribution is -2.36. The van der Waals surface area contributed by atoms with Gasteiger partial charge in [0, 0.05) is 29.5 Å². The average Bonchev–Trinajstić information content (AvgIpc) is 3.18. The fraction of sp³-hybridized carbons (Fsp3) is 0.333. The van der Waals surface area contributed by atoms with Crippen LogP contribution >= 0.6 is 0 Å². The Labute approximate surface area is 143 Å². The average molecular weight is 339 g/mol. The van der Waals surface area contributed by atoms with E-state index in [1.165, 1.54) is 0 Å². The van der Waals surface area contributed by atoms with E-state index in [0.29, 0.717) is 11.2 Å². The van der Waals surface area contributed by atoms with Gasteiger partial charge in [-0.2, -0.15) is 0 Å².